The van der Waals surface area contributed by atoms with Crippen molar-refractivity contribution in [1.29, 1.82) is 0 Å². The van der Waals surface area contributed by atoms with E-state index in [-0.39, 0.29) is 12.0 Å². The van der Waals surface area contributed by atoms with Gasteiger partial charge in [-0.2, -0.15) is 0 Å². The minimum absolute atomic E-state index is 0.0234. The molecule has 1 fully saturated rings. The number of ether oxygens (including phenoxy) is 1. The van der Waals surface area contributed by atoms with Crippen molar-refractivity contribution in [2.24, 2.45) is 0 Å². The van der Waals surface area contributed by atoms with E-state index in [0.717, 1.165) is 6.42 Å². The van der Waals surface area contributed by atoms with Crippen molar-refractivity contribution >= 4 is 29.3 Å². The van der Waals surface area contributed by atoms with Gasteiger partial charge in [0.1, 0.15) is 6.10 Å². The summed E-state index contributed by atoms with van der Waals surface area (Å²) in [6.45, 7) is 2.68. The van der Waals surface area contributed by atoms with Gasteiger partial charge in [-0.1, -0.05) is 24.6 Å². The number of cyclic esters (lactones) is 1. The van der Waals surface area contributed by atoms with Crippen molar-refractivity contribution in [2.75, 3.05) is 18.0 Å². The van der Waals surface area contributed by atoms with E-state index in [4.69, 9.17) is 16.3 Å². The van der Waals surface area contributed by atoms with Crippen LogP contribution in [0.5, 0.6) is 0 Å². The summed E-state index contributed by atoms with van der Waals surface area (Å²) in [5.41, 5.74) is 0.699. The van der Waals surface area contributed by atoms with E-state index in [1.54, 1.807) is 24.3 Å². The summed E-state index contributed by atoms with van der Waals surface area (Å²) in [5, 5.41) is 3.33. The molecule has 6 heteroatoms. The summed E-state index contributed by atoms with van der Waals surface area (Å²) < 4.78 is 5.23. The highest BCUT2D eigenvalue weighted by atomic mass is 35.5. The molecule has 2 amide bonds. The highest BCUT2D eigenvalue weighted by molar-refractivity contribution is 6.30. The first kappa shape index (κ1) is 14.7. The lowest BCUT2D eigenvalue weighted by molar-refractivity contribution is -0.121. The third kappa shape index (κ3) is 3.63. The van der Waals surface area contributed by atoms with Gasteiger partial charge in [-0.25, -0.2) is 4.79 Å². The second-order valence-electron chi connectivity index (χ2n) is 4.65. The summed E-state index contributed by atoms with van der Waals surface area (Å²) >= 11 is 5.91. The number of amides is 2. The Labute approximate surface area is 122 Å². The fourth-order valence-corrected chi connectivity index (χ4v) is 2.21. The molecule has 1 aliphatic heterocycles. The molecule has 1 heterocycles. The summed E-state index contributed by atoms with van der Waals surface area (Å²) in [7, 11) is 0. The van der Waals surface area contributed by atoms with E-state index >= 15 is 0 Å². The highest BCUT2D eigenvalue weighted by Crippen LogP contribution is 2.24. The molecule has 0 saturated carbocycles. The molecule has 0 bridgehead atoms. The first-order valence-corrected chi connectivity index (χ1v) is 6.98. The van der Waals surface area contributed by atoms with Gasteiger partial charge < -0.3 is 10.1 Å². The van der Waals surface area contributed by atoms with Crippen LogP contribution in [0.3, 0.4) is 0 Å². The average molecular weight is 297 g/mol. The molecular formula is C14H17ClN2O3. The van der Waals surface area contributed by atoms with Crippen molar-refractivity contribution in [3.05, 3.63) is 29.3 Å². The number of hydrogen-bond donors (Lipinski definition) is 1. The zero-order valence-electron chi connectivity index (χ0n) is 11.3. The van der Waals surface area contributed by atoms with Crippen molar-refractivity contribution in [3.63, 3.8) is 0 Å². The zero-order valence-corrected chi connectivity index (χ0v) is 12.0. The van der Waals surface area contributed by atoms with Crippen LogP contribution in [-0.2, 0) is 9.53 Å². The molecule has 1 aliphatic rings. The van der Waals surface area contributed by atoms with Crippen molar-refractivity contribution < 1.29 is 14.3 Å². The van der Waals surface area contributed by atoms with Gasteiger partial charge in [0.15, 0.2) is 0 Å². The van der Waals surface area contributed by atoms with Crippen LogP contribution in [0.15, 0.2) is 24.3 Å². The van der Waals surface area contributed by atoms with Crippen LogP contribution in [0.2, 0.25) is 5.02 Å². The maximum Gasteiger partial charge on any atom is 0.414 e. The van der Waals surface area contributed by atoms with Gasteiger partial charge in [-0.15, -0.1) is 0 Å². The van der Waals surface area contributed by atoms with Crippen molar-refractivity contribution in [1.82, 2.24) is 5.32 Å². The molecule has 1 N–H and O–H groups in total. The number of halogens is 1. The normalized spacial score (nSPS) is 18.0. The predicted molar refractivity (Wildman–Crippen MR) is 77.0 cm³/mol. The van der Waals surface area contributed by atoms with E-state index in [0.29, 0.717) is 30.2 Å². The largest absolute Gasteiger partial charge is 0.442 e. The molecule has 0 aliphatic carbocycles. The first-order chi connectivity index (χ1) is 9.60. The van der Waals surface area contributed by atoms with Crippen LogP contribution in [-0.4, -0.2) is 31.2 Å². The van der Waals surface area contributed by atoms with E-state index in [1.165, 1.54) is 4.90 Å². The molecule has 1 atom stereocenters. The van der Waals surface area contributed by atoms with Crippen LogP contribution >= 0.6 is 11.6 Å². The lowest BCUT2D eigenvalue weighted by Gasteiger charge is -2.13. The number of anilines is 1. The minimum atomic E-state index is -0.415. The molecule has 1 aromatic rings. The third-order valence-electron chi connectivity index (χ3n) is 3.00. The fraction of sp³-hybridized carbons (Fsp3) is 0.429. The molecule has 5 nitrogen and oxygen atoms in total. The topological polar surface area (TPSA) is 58.6 Å². The van der Waals surface area contributed by atoms with Gasteiger partial charge in [-0.05, 0) is 24.6 Å². The monoisotopic (exact) mass is 296 g/mol. The Morgan fingerprint density at radius 2 is 2.35 bits per heavy atom. The number of nitrogens with zero attached hydrogens (tertiary/aromatic N) is 1. The zero-order chi connectivity index (χ0) is 14.5. The van der Waals surface area contributed by atoms with Gasteiger partial charge in [0.2, 0.25) is 5.91 Å². The lowest BCUT2D eigenvalue weighted by atomic mass is 10.2. The Balaban J connectivity index is 1.92. The maximum atomic E-state index is 11.8. The number of carbonyl (C=O) groups is 2. The molecule has 20 heavy (non-hydrogen) atoms. The van der Waals surface area contributed by atoms with E-state index in [2.05, 4.69) is 5.32 Å². The minimum Gasteiger partial charge on any atom is -0.442 e. The van der Waals surface area contributed by atoms with Crippen LogP contribution < -0.4 is 10.2 Å². The van der Waals surface area contributed by atoms with E-state index in [1.807, 2.05) is 6.92 Å². The molecule has 1 aromatic carbocycles. The Kier molecular flexibility index (Phi) is 4.84. The lowest BCUT2D eigenvalue weighted by Crippen LogP contribution is -2.34. The number of rotatable bonds is 5. The number of carbonyl (C=O) groups excluding carboxylic acids is 2. The molecular weight excluding hydrogens is 280 g/mol. The molecule has 1 saturated heterocycles. The van der Waals surface area contributed by atoms with E-state index < -0.39 is 6.09 Å². The highest BCUT2D eigenvalue weighted by Gasteiger charge is 2.32. The van der Waals surface area contributed by atoms with Crippen LogP contribution in [0.1, 0.15) is 19.8 Å². The molecule has 1 unspecified atom stereocenters. The number of nitrogens with one attached hydrogen (secondary N) is 1. The van der Waals surface area contributed by atoms with Gasteiger partial charge in [0.05, 0.1) is 13.1 Å². The molecule has 0 radical (unpaired) electrons. The van der Waals surface area contributed by atoms with Crippen molar-refractivity contribution in [3.8, 4) is 0 Å². The number of hydrogen-bond acceptors (Lipinski definition) is 3. The molecule has 0 aromatic heterocycles. The smallest absolute Gasteiger partial charge is 0.414 e. The fourth-order valence-electron chi connectivity index (χ4n) is 2.03. The standard InChI is InChI=1S/C14H17ClN2O3/c1-2-4-13(18)16-8-12-9-17(14(19)20-12)11-6-3-5-10(15)7-11/h3,5-7,12H,2,4,8-9H2,1H3,(H,16,18). The third-order valence-corrected chi connectivity index (χ3v) is 3.23. The van der Waals surface area contributed by atoms with Crippen LogP contribution in [0, 0.1) is 0 Å². The summed E-state index contributed by atoms with van der Waals surface area (Å²) in [6.07, 6.45) is 0.535. The maximum absolute atomic E-state index is 11.8. The van der Waals surface area contributed by atoms with Crippen LogP contribution in [0.4, 0.5) is 10.5 Å². The first-order valence-electron chi connectivity index (χ1n) is 6.60. The Morgan fingerprint density at radius 1 is 1.55 bits per heavy atom. The van der Waals surface area contributed by atoms with Gasteiger partial charge in [-0.3, -0.25) is 9.69 Å². The average Bonchev–Trinajstić information content (AvgIpc) is 2.78. The Bertz CT molecular complexity index is 507. The number of benzene rings is 1. The summed E-state index contributed by atoms with van der Waals surface area (Å²) in [6, 6.07) is 7.03. The SMILES string of the molecule is CCCC(=O)NCC1CN(c2cccc(Cl)c2)C(=O)O1. The quantitative estimate of drug-likeness (QED) is 0.908. The summed E-state index contributed by atoms with van der Waals surface area (Å²) in [4.78, 5) is 24.7. The van der Waals surface area contributed by atoms with Gasteiger partial charge in [0.25, 0.3) is 0 Å². The predicted octanol–water partition coefficient (Wildman–Crippen LogP) is 2.58. The molecule has 108 valence electrons. The molecule has 2 rings (SSSR count). The second-order valence-corrected chi connectivity index (χ2v) is 5.09. The van der Waals surface area contributed by atoms with Gasteiger partial charge in [0, 0.05) is 17.1 Å². The second kappa shape index (κ2) is 6.61. The summed E-state index contributed by atoms with van der Waals surface area (Å²) in [5.74, 6) is -0.0234. The van der Waals surface area contributed by atoms with Gasteiger partial charge >= 0.3 is 6.09 Å². The van der Waals surface area contributed by atoms with Crippen LogP contribution in [0.25, 0.3) is 0 Å². The van der Waals surface area contributed by atoms with E-state index in [9.17, 15) is 9.59 Å². The Morgan fingerprint density at radius 3 is 3.05 bits per heavy atom. The van der Waals surface area contributed by atoms with Crippen molar-refractivity contribution in [2.45, 2.75) is 25.9 Å². The Hall–Kier alpha value is -1.75. The molecule has 0 spiro atoms.